The summed E-state index contributed by atoms with van der Waals surface area (Å²) in [6, 6.07) is 9.18. The molecule has 0 radical (unpaired) electrons. The summed E-state index contributed by atoms with van der Waals surface area (Å²) in [7, 11) is 4.16. The minimum atomic E-state index is 0.555. The number of unbranched alkanes of at least 4 members (excludes halogenated alkanes) is 4. The van der Waals surface area contributed by atoms with Gasteiger partial charge in [0.2, 0.25) is 0 Å². The Labute approximate surface area is 119 Å². The molecule has 0 bridgehead atoms. The Kier molecular flexibility index (Phi) is 7.39. The quantitative estimate of drug-likeness (QED) is 0.636. The van der Waals surface area contributed by atoms with Gasteiger partial charge in [-0.2, -0.15) is 0 Å². The Hall–Kier alpha value is -1.18. The van der Waals surface area contributed by atoms with E-state index in [0.29, 0.717) is 6.04 Å². The average molecular weight is 262 g/mol. The lowest BCUT2D eigenvalue weighted by molar-refractivity contribution is 0.578. The molecule has 2 nitrogen and oxygen atoms in total. The maximum Gasteiger partial charge on any atom is 0.0381 e. The second-order valence-electron chi connectivity index (χ2n) is 5.69. The van der Waals surface area contributed by atoms with Gasteiger partial charge in [0.1, 0.15) is 0 Å². The molecule has 0 aliphatic heterocycles. The molecule has 0 amide bonds. The fourth-order valence-corrected chi connectivity index (χ4v) is 2.28. The van der Waals surface area contributed by atoms with Gasteiger partial charge in [0.05, 0.1) is 0 Å². The van der Waals surface area contributed by atoms with E-state index in [1.807, 2.05) is 0 Å². The van der Waals surface area contributed by atoms with Crippen molar-refractivity contribution >= 4 is 11.4 Å². The van der Waals surface area contributed by atoms with E-state index in [0.717, 1.165) is 0 Å². The molecule has 1 N–H and O–H groups in total. The SMILES string of the molecule is CCCCCCCC(C)Nc1cccc(N(C)C)c1. The number of rotatable bonds is 9. The Balaban J connectivity index is 2.31. The third kappa shape index (κ3) is 6.51. The van der Waals surface area contributed by atoms with Crippen molar-refractivity contribution < 1.29 is 0 Å². The Bertz CT molecular complexity index is 347. The van der Waals surface area contributed by atoms with Crippen LogP contribution in [0.1, 0.15) is 52.4 Å². The van der Waals surface area contributed by atoms with Crippen LogP contribution >= 0.6 is 0 Å². The Morgan fingerprint density at radius 2 is 1.84 bits per heavy atom. The highest BCUT2D eigenvalue weighted by Gasteiger charge is 2.03. The van der Waals surface area contributed by atoms with E-state index in [4.69, 9.17) is 0 Å². The highest BCUT2D eigenvalue weighted by Crippen LogP contribution is 2.19. The third-order valence-electron chi connectivity index (χ3n) is 3.52. The van der Waals surface area contributed by atoms with Gasteiger partial charge in [-0.05, 0) is 31.5 Å². The zero-order valence-electron chi connectivity index (χ0n) is 13.1. The summed E-state index contributed by atoms with van der Waals surface area (Å²) in [5, 5.41) is 3.60. The zero-order chi connectivity index (χ0) is 14.1. The highest BCUT2D eigenvalue weighted by molar-refractivity contribution is 5.57. The van der Waals surface area contributed by atoms with Gasteiger partial charge in [0.15, 0.2) is 0 Å². The summed E-state index contributed by atoms with van der Waals surface area (Å²) in [5.41, 5.74) is 2.48. The molecular formula is C17H30N2. The molecule has 1 aromatic carbocycles. The van der Waals surface area contributed by atoms with Crippen molar-refractivity contribution in [2.45, 2.75) is 58.4 Å². The van der Waals surface area contributed by atoms with Gasteiger partial charge in [-0.1, -0.05) is 45.1 Å². The van der Waals surface area contributed by atoms with E-state index in [-0.39, 0.29) is 0 Å². The van der Waals surface area contributed by atoms with Gasteiger partial charge in [0.25, 0.3) is 0 Å². The highest BCUT2D eigenvalue weighted by atomic mass is 15.1. The fourth-order valence-electron chi connectivity index (χ4n) is 2.28. The Morgan fingerprint density at radius 1 is 1.11 bits per heavy atom. The first-order valence-electron chi connectivity index (χ1n) is 7.67. The molecule has 0 spiro atoms. The van der Waals surface area contributed by atoms with Crippen molar-refractivity contribution in [1.82, 2.24) is 0 Å². The molecule has 108 valence electrons. The number of nitrogens with zero attached hydrogens (tertiary/aromatic N) is 1. The van der Waals surface area contributed by atoms with E-state index >= 15 is 0 Å². The monoisotopic (exact) mass is 262 g/mol. The van der Waals surface area contributed by atoms with Crippen LogP contribution in [0.25, 0.3) is 0 Å². The van der Waals surface area contributed by atoms with Crippen molar-refractivity contribution in [3.63, 3.8) is 0 Å². The summed E-state index contributed by atoms with van der Waals surface area (Å²) in [6.45, 7) is 4.55. The van der Waals surface area contributed by atoms with Gasteiger partial charge in [0, 0.05) is 31.5 Å². The van der Waals surface area contributed by atoms with E-state index in [9.17, 15) is 0 Å². The minimum Gasteiger partial charge on any atom is -0.383 e. The van der Waals surface area contributed by atoms with Gasteiger partial charge in [-0.15, -0.1) is 0 Å². The molecule has 1 unspecified atom stereocenters. The fraction of sp³-hybridized carbons (Fsp3) is 0.647. The average Bonchev–Trinajstić information content (AvgIpc) is 2.38. The number of hydrogen-bond acceptors (Lipinski definition) is 2. The lowest BCUT2D eigenvalue weighted by Crippen LogP contribution is -2.15. The van der Waals surface area contributed by atoms with Gasteiger partial charge in [-0.25, -0.2) is 0 Å². The first-order chi connectivity index (χ1) is 9.13. The Morgan fingerprint density at radius 3 is 2.53 bits per heavy atom. The number of benzene rings is 1. The van der Waals surface area contributed by atoms with E-state index < -0.39 is 0 Å². The molecule has 0 saturated heterocycles. The lowest BCUT2D eigenvalue weighted by Gasteiger charge is -2.18. The standard InChI is InChI=1S/C17H30N2/c1-5-6-7-8-9-11-15(2)18-16-12-10-13-17(14-16)19(3)4/h10,12-15,18H,5-9,11H2,1-4H3. The predicted octanol–water partition coefficient (Wildman–Crippen LogP) is 4.91. The van der Waals surface area contributed by atoms with Crippen LogP contribution in [0.5, 0.6) is 0 Å². The van der Waals surface area contributed by atoms with Crippen LogP contribution in [0.2, 0.25) is 0 Å². The van der Waals surface area contributed by atoms with Crippen LogP contribution in [-0.2, 0) is 0 Å². The van der Waals surface area contributed by atoms with Crippen LogP contribution in [0, 0.1) is 0 Å². The molecular weight excluding hydrogens is 232 g/mol. The van der Waals surface area contributed by atoms with Crippen LogP contribution in [0.3, 0.4) is 0 Å². The van der Waals surface area contributed by atoms with Crippen LogP contribution in [0.15, 0.2) is 24.3 Å². The molecule has 0 aliphatic carbocycles. The van der Waals surface area contributed by atoms with E-state index in [1.54, 1.807) is 0 Å². The molecule has 0 aromatic heterocycles. The smallest absolute Gasteiger partial charge is 0.0381 e. The lowest BCUT2D eigenvalue weighted by atomic mass is 10.1. The zero-order valence-corrected chi connectivity index (χ0v) is 13.1. The summed E-state index contributed by atoms with van der Waals surface area (Å²) in [5.74, 6) is 0. The summed E-state index contributed by atoms with van der Waals surface area (Å²) in [4.78, 5) is 2.14. The number of nitrogens with one attached hydrogen (secondary N) is 1. The molecule has 0 aliphatic rings. The van der Waals surface area contributed by atoms with Crippen molar-refractivity contribution in [3.05, 3.63) is 24.3 Å². The molecule has 1 atom stereocenters. The van der Waals surface area contributed by atoms with Crippen molar-refractivity contribution in [1.29, 1.82) is 0 Å². The van der Waals surface area contributed by atoms with Gasteiger partial charge in [-0.3, -0.25) is 0 Å². The largest absolute Gasteiger partial charge is 0.383 e. The molecule has 2 heteroatoms. The first-order valence-corrected chi connectivity index (χ1v) is 7.67. The number of anilines is 2. The van der Waals surface area contributed by atoms with Crippen LogP contribution in [-0.4, -0.2) is 20.1 Å². The van der Waals surface area contributed by atoms with Crippen LogP contribution in [0.4, 0.5) is 11.4 Å². The first kappa shape index (κ1) is 15.9. The third-order valence-corrected chi connectivity index (χ3v) is 3.52. The molecule has 0 heterocycles. The van der Waals surface area contributed by atoms with Gasteiger partial charge < -0.3 is 10.2 Å². The minimum absolute atomic E-state index is 0.555. The van der Waals surface area contributed by atoms with Crippen LogP contribution < -0.4 is 10.2 Å². The molecule has 1 aromatic rings. The molecule has 0 saturated carbocycles. The van der Waals surface area contributed by atoms with E-state index in [2.05, 4.69) is 62.4 Å². The topological polar surface area (TPSA) is 15.3 Å². The van der Waals surface area contributed by atoms with Crippen molar-refractivity contribution in [2.75, 3.05) is 24.3 Å². The normalized spacial score (nSPS) is 12.2. The summed E-state index contributed by atoms with van der Waals surface area (Å²) < 4.78 is 0. The maximum atomic E-state index is 3.60. The molecule has 19 heavy (non-hydrogen) atoms. The van der Waals surface area contributed by atoms with Crippen molar-refractivity contribution in [2.24, 2.45) is 0 Å². The second-order valence-corrected chi connectivity index (χ2v) is 5.69. The summed E-state index contributed by atoms with van der Waals surface area (Å²) >= 11 is 0. The predicted molar refractivity (Wildman–Crippen MR) is 87.2 cm³/mol. The second kappa shape index (κ2) is 8.84. The van der Waals surface area contributed by atoms with Gasteiger partial charge >= 0.3 is 0 Å². The number of hydrogen-bond donors (Lipinski definition) is 1. The molecule has 0 fully saturated rings. The summed E-state index contributed by atoms with van der Waals surface area (Å²) in [6.07, 6.45) is 8.06. The maximum absolute atomic E-state index is 3.60. The molecule has 1 rings (SSSR count). The van der Waals surface area contributed by atoms with Crippen molar-refractivity contribution in [3.8, 4) is 0 Å². The van der Waals surface area contributed by atoms with E-state index in [1.165, 1.54) is 49.9 Å².